The van der Waals surface area contributed by atoms with E-state index in [1.54, 1.807) is 7.11 Å². The van der Waals surface area contributed by atoms with Crippen LogP contribution < -0.4 is 10.1 Å². The summed E-state index contributed by atoms with van der Waals surface area (Å²) >= 11 is 0. The summed E-state index contributed by atoms with van der Waals surface area (Å²) in [5.41, 5.74) is 0.718. The predicted molar refractivity (Wildman–Crippen MR) is 89.0 cm³/mol. The van der Waals surface area contributed by atoms with Crippen molar-refractivity contribution in [1.29, 1.82) is 0 Å². The van der Waals surface area contributed by atoms with Gasteiger partial charge in [-0.2, -0.15) is 0 Å². The Morgan fingerprint density at radius 3 is 2.77 bits per heavy atom. The van der Waals surface area contributed by atoms with Gasteiger partial charge >= 0.3 is 0 Å². The number of carbonyl (C=O) groups is 1. The Bertz CT molecular complexity index is 506. The first-order valence-electron chi connectivity index (χ1n) is 7.66. The molecule has 1 unspecified atom stereocenters. The molecule has 5 nitrogen and oxygen atoms in total. The van der Waals surface area contributed by atoms with Gasteiger partial charge in [-0.3, -0.25) is 9.69 Å². The quantitative estimate of drug-likeness (QED) is 0.908. The molecule has 0 saturated carbocycles. The number of ether oxygens (including phenoxy) is 1. The molecule has 1 aromatic carbocycles. The first-order chi connectivity index (χ1) is 10.3. The summed E-state index contributed by atoms with van der Waals surface area (Å²) < 4.78 is 5.20. The number of nitrogens with zero attached hydrogens (tertiary/aromatic N) is 2. The van der Waals surface area contributed by atoms with E-state index >= 15 is 0 Å². The first kappa shape index (κ1) is 17.1. The summed E-state index contributed by atoms with van der Waals surface area (Å²) in [6.07, 6.45) is 1.08. The van der Waals surface area contributed by atoms with Gasteiger partial charge in [0.05, 0.1) is 7.11 Å². The van der Waals surface area contributed by atoms with Crippen LogP contribution in [0.25, 0.3) is 0 Å². The van der Waals surface area contributed by atoms with E-state index < -0.39 is 0 Å². The SMILES string of the molecule is COc1cccc(C(=O)N2CCC(N3CCNCC3)C2)c1.Cl. The van der Waals surface area contributed by atoms with Crippen molar-refractivity contribution in [3.8, 4) is 5.75 Å². The van der Waals surface area contributed by atoms with Crippen molar-refractivity contribution >= 4 is 18.3 Å². The summed E-state index contributed by atoms with van der Waals surface area (Å²) in [5, 5.41) is 3.37. The lowest BCUT2D eigenvalue weighted by Gasteiger charge is -2.32. The van der Waals surface area contributed by atoms with Crippen LogP contribution in [0, 0.1) is 0 Å². The van der Waals surface area contributed by atoms with Gasteiger partial charge < -0.3 is 15.0 Å². The lowest BCUT2D eigenvalue weighted by Crippen LogP contribution is -2.49. The number of benzene rings is 1. The van der Waals surface area contributed by atoms with Crippen molar-refractivity contribution in [2.75, 3.05) is 46.4 Å². The summed E-state index contributed by atoms with van der Waals surface area (Å²) in [4.78, 5) is 17.1. The highest BCUT2D eigenvalue weighted by Crippen LogP contribution is 2.20. The Morgan fingerprint density at radius 2 is 2.05 bits per heavy atom. The van der Waals surface area contributed by atoms with Crippen molar-refractivity contribution in [3.05, 3.63) is 29.8 Å². The number of piperazine rings is 1. The zero-order valence-electron chi connectivity index (χ0n) is 13.0. The Hall–Kier alpha value is -1.30. The normalized spacial score (nSPS) is 22.2. The number of carbonyl (C=O) groups excluding carboxylic acids is 1. The number of halogens is 1. The lowest BCUT2D eigenvalue weighted by atomic mass is 10.2. The van der Waals surface area contributed by atoms with Crippen LogP contribution in [-0.4, -0.2) is 68.1 Å². The van der Waals surface area contributed by atoms with E-state index in [4.69, 9.17) is 4.74 Å². The molecule has 3 rings (SSSR count). The maximum Gasteiger partial charge on any atom is 0.254 e. The maximum absolute atomic E-state index is 12.6. The fourth-order valence-corrected chi connectivity index (χ4v) is 3.21. The molecule has 2 aliphatic heterocycles. The molecule has 2 fully saturated rings. The number of methoxy groups -OCH3 is 1. The lowest BCUT2D eigenvalue weighted by molar-refractivity contribution is 0.0773. The molecule has 0 aliphatic carbocycles. The minimum atomic E-state index is 0. The molecular formula is C16H24ClN3O2. The van der Waals surface area contributed by atoms with E-state index in [1.165, 1.54) is 0 Å². The first-order valence-corrected chi connectivity index (χ1v) is 7.66. The van der Waals surface area contributed by atoms with Gasteiger partial charge in [-0.15, -0.1) is 12.4 Å². The minimum Gasteiger partial charge on any atom is -0.497 e. The van der Waals surface area contributed by atoms with Crippen LogP contribution in [0.5, 0.6) is 5.75 Å². The zero-order valence-corrected chi connectivity index (χ0v) is 13.8. The van der Waals surface area contributed by atoms with Crippen LogP contribution in [-0.2, 0) is 0 Å². The van der Waals surface area contributed by atoms with E-state index in [-0.39, 0.29) is 18.3 Å². The molecule has 2 heterocycles. The highest BCUT2D eigenvalue weighted by Gasteiger charge is 2.31. The van der Waals surface area contributed by atoms with Crippen molar-refractivity contribution in [3.63, 3.8) is 0 Å². The number of likely N-dealkylation sites (tertiary alicyclic amines) is 1. The highest BCUT2D eigenvalue weighted by molar-refractivity contribution is 5.94. The van der Waals surface area contributed by atoms with Crippen molar-refractivity contribution < 1.29 is 9.53 Å². The summed E-state index contributed by atoms with van der Waals surface area (Å²) in [5.74, 6) is 0.852. The van der Waals surface area contributed by atoms with E-state index in [9.17, 15) is 4.79 Å². The maximum atomic E-state index is 12.6. The van der Waals surface area contributed by atoms with E-state index in [1.807, 2.05) is 29.2 Å². The third-order valence-corrected chi connectivity index (χ3v) is 4.44. The van der Waals surface area contributed by atoms with Crippen molar-refractivity contribution in [1.82, 2.24) is 15.1 Å². The molecule has 1 N–H and O–H groups in total. The fourth-order valence-electron chi connectivity index (χ4n) is 3.21. The Kier molecular flexibility index (Phi) is 6.06. The fraction of sp³-hybridized carbons (Fsp3) is 0.562. The predicted octanol–water partition coefficient (Wildman–Crippen LogP) is 1.24. The summed E-state index contributed by atoms with van der Waals surface area (Å²) in [6.45, 7) is 5.99. The number of hydrogen-bond acceptors (Lipinski definition) is 4. The molecule has 6 heteroatoms. The van der Waals surface area contributed by atoms with Crippen molar-refractivity contribution in [2.45, 2.75) is 12.5 Å². The van der Waals surface area contributed by atoms with Gasteiger partial charge in [0.1, 0.15) is 5.75 Å². The summed E-state index contributed by atoms with van der Waals surface area (Å²) in [7, 11) is 1.62. The van der Waals surface area contributed by atoms with Gasteiger partial charge in [0.25, 0.3) is 5.91 Å². The Morgan fingerprint density at radius 1 is 1.27 bits per heavy atom. The molecule has 1 amide bonds. The largest absolute Gasteiger partial charge is 0.497 e. The number of hydrogen-bond donors (Lipinski definition) is 1. The van der Waals surface area contributed by atoms with E-state index in [2.05, 4.69) is 10.2 Å². The smallest absolute Gasteiger partial charge is 0.254 e. The van der Waals surface area contributed by atoms with Gasteiger partial charge in [-0.25, -0.2) is 0 Å². The molecule has 22 heavy (non-hydrogen) atoms. The Balaban J connectivity index is 0.00000176. The van der Waals surface area contributed by atoms with Gasteiger partial charge in [0.2, 0.25) is 0 Å². The van der Waals surface area contributed by atoms with Crippen molar-refractivity contribution in [2.24, 2.45) is 0 Å². The van der Waals surface area contributed by atoms with E-state index in [0.717, 1.165) is 57.0 Å². The average molecular weight is 326 g/mol. The number of rotatable bonds is 3. The third kappa shape index (κ3) is 3.72. The molecule has 0 spiro atoms. The van der Waals surface area contributed by atoms with Gasteiger partial charge in [-0.1, -0.05) is 6.07 Å². The van der Waals surface area contributed by atoms with Crippen LogP contribution >= 0.6 is 12.4 Å². The molecule has 2 saturated heterocycles. The molecule has 2 aliphatic rings. The third-order valence-electron chi connectivity index (χ3n) is 4.44. The molecule has 0 radical (unpaired) electrons. The Labute approximate surface area is 138 Å². The molecule has 1 aromatic rings. The molecular weight excluding hydrogens is 302 g/mol. The van der Waals surface area contributed by atoms with Crippen LogP contribution in [0.3, 0.4) is 0 Å². The van der Waals surface area contributed by atoms with E-state index in [0.29, 0.717) is 6.04 Å². The van der Waals surface area contributed by atoms with Gasteiger partial charge in [0, 0.05) is 50.9 Å². The van der Waals surface area contributed by atoms with Crippen LogP contribution in [0.15, 0.2) is 24.3 Å². The average Bonchev–Trinajstić information content (AvgIpc) is 3.05. The second-order valence-corrected chi connectivity index (χ2v) is 5.71. The number of amides is 1. The standard InChI is InChI=1S/C16H23N3O2.ClH/c1-21-15-4-2-3-13(11-15)16(20)19-8-5-14(12-19)18-9-6-17-7-10-18;/h2-4,11,14,17H,5-10,12H2,1H3;1H. The van der Waals surface area contributed by atoms with Crippen LogP contribution in [0.4, 0.5) is 0 Å². The molecule has 0 bridgehead atoms. The number of nitrogens with one attached hydrogen (secondary N) is 1. The minimum absolute atomic E-state index is 0. The molecule has 122 valence electrons. The highest BCUT2D eigenvalue weighted by atomic mass is 35.5. The van der Waals surface area contributed by atoms with Crippen LogP contribution in [0.1, 0.15) is 16.8 Å². The van der Waals surface area contributed by atoms with Crippen LogP contribution in [0.2, 0.25) is 0 Å². The van der Waals surface area contributed by atoms with Gasteiger partial charge in [0.15, 0.2) is 0 Å². The second-order valence-electron chi connectivity index (χ2n) is 5.71. The second kappa shape index (κ2) is 7.81. The topological polar surface area (TPSA) is 44.8 Å². The summed E-state index contributed by atoms with van der Waals surface area (Å²) in [6, 6.07) is 7.94. The van der Waals surface area contributed by atoms with Gasteiger partial charge in [-0.05, 0) is 24.6 Å². The zero-order chi connectivity index (χ0) is 14.7. The molecule has 0 aromatic heterocycles. The molecule has 1 atom stereocenters. The monoisotopic (exact) mass is 325 g/mol.